The van der Waals surface area contributed by atoms with Gasteiger partial charge in [-0.3, -0.25) is 14.9 Å². The molecule has 114 valence electrons. The van der Waals surface area contributed by atoms with Crippen LogP contribution in [0.5, 0.6) is 0 Å². The molecule has 8 heteroatoms. The summed E-state index contributed by atoms with van der Waals surface area (Å²) in [7, 11) is 0. The maximum absolute atomic E-state index is 12.2. The summed E-state index contributed by atoms with van der Waals surface area (Å²) in [4.78, 5) is 26.0. The van der Waals surface area contributed by atoms with Gasteiger partial charge in [-0.05, 0) is 31.9 Å². The largest absolute Gasteiger partial charge is 0.349 e. The topological polar surface area (TPSA) is 85.1 Å². The molecule has 1 aliphatic rings. The second kappa shape index (κ2) is 7.09. The van der Waals surface area contributed by atoms with Gasteiger partial charge in [0.05, 0.1) is 10.5 Å². The molecule has 1 N–H and O–H groups in total. The fourth-order valence-corrected chi connectivity index (χ4v) is 3.33. The number of nitrogens with one attached hydrogen (secondary N) is 1. The average Bonchev–Trinajstić information content (AvgIpc) is 2.48. The van der Waals surface area contributed by atoms with Gasteiger partial charge in [0.2, 0.25) is 0 Å². The van der Waals surface area contributed by atoms with Crippen molar-refractivity contribution in [2.45, 2.75) is 37.0 Å². The van der Waals surface area contributed by atoms with E-state index in [-0.39, 0.29) is 22.4 Å². The summed E-state index contributed by atoms with van der Waals surface area (Å²) in [6.07, 6.45) is 7.09. The van der Waals surface area contributed by atoms with Crippen LogP contribution in [0, 0.1) is 10.1 Å². The minimum Gasteiger partial charge on any atom is -0.349 e. The Morgan fingerprint density at radius 2 is 2.14 bits per heavy atom. The first-order chi connectivity index (χ1) is 10.0. The Morgan fingerprint density at radius 3 is 2.71 bits per heavy atom. The number of aromatic nitrogens is 1. The molecular weight excluding hydrogens is 314 g/mol. The van der Waals surface area contributed by atoms with Crippen molar-refractivity contribution in [1.82, 2.24) is 10.3 Å². The van der Waals surface area contributed by atoms with E-state index in [0.717, 1.165) is 37.9 Å². The van der Waals surface area contributed by atoms with E-state index < -0.39 is 10.8 Å². The number of carbonyl (C=O) groups is 1. The van der Waals surface area contributed by atoms with E-state index in [2.05, 4.69) is 16.6 Å². The van der Waals surface area contributed by atoms with Gasteiger partial charge >= 0.3 is 0 Å². The number of carbonyl (C=O) groups excluding carboxylic acids is 1. The first kappa shape index (κ1) is 16.0. The first-order valence-electron chi connectivity index (χ1n) is 6.65. The number of thioether (sulfide) groups is 1. The van der Waals surface area contributed by atoms with Crippen molar-refractivity contribution in [2.24, 2.45) is 0 Å². The molecule has 0 unspecified atom stereocenters. The minimum atomic E-state index is -0.593. The Bertz CT molecular complexity index is 547. The minimum absolute atomic E-state index is 0.0177. The highest BCUT2D eigenvalue weighted by Gasteiger charge is 2.24. The molecule has 21 heavy (non-hydrogen) atoms. The van der Waals surface area contributed by atoms with Gasteiger partial charge < -0.3 is 5.32 Å². The van der Waals surface area contributed by atoms with Crippen LogP contribution in [0.15, 0.2) is 12.3 Å². The highest BCUT2D eigenvalue weighted by Crippen LogP contribution is 2.27. The van der Waals surface area contributed by atoms with E-state index >= 15 is 0 Å². The number of halogens is 1. The Kier molecular flexibility index (Phi) is 5.41. The number of amides is 1. The number of nitrogens with zero attached hydrogens (tertiary/aromatic N) is 2. The predicted molar refractivity (Wildman–Crippen MR) is 82.9 cm³/mol. The van der Waals surface area contributed by atoms with Crippen LogP contribution in [0.4, 0.5) is 5.69 Å². The molecule has 6 nitrogen and oxygen atoms in total. The van der Waals surface area contributed by atoms with Crippen molar-refractivity contribution < 1.29 is 9.72 Å². The Balaban J connectivity index is 2.03. The molecule has 0 aromatic carbocycles. The first-order valence-corrected chi connectivity index (χ1v) is 8.31. The monoisotopic (exact) mass is 329 g/mol. The molecule has 1 heterocycles. The van der Waals surface area contributed by atoms with E-state index in [0.29, 0.717) is 5.25 Å². The third-order valence-corrected chi connectivity index (χ3v) is 5.06. The summed E-state index contributed by atoms with van der Waals surface area (Å²) < 4.78 is 0. The van der Waals surface area contributed by atoms with E-state index in [9.17, 15) is 14.9 Å². The molecule has 0 radical (unpaired) electrons. The van der Waals surface area contributed by atoms with Gasteiger partial charge in [-0.2, -0.15) is 11.8 Å². The smallest absolute Gasteiger partial charge is 0.288 e. The van der Waals surface area contributed by atoms with Crippen LogP contribution in [0.2, 0.25) is 5.15 Å². The fraction of sp³-hybridized carbons (Fsp3) is 0.538. The van der Waals surface area contributed by atoms with Crippen molar-refractivity contribution in [2.75, 3.05) is 6.26 Å². The maximum atomic E-state index is 12.2. The number of nitro groups is 1. The lowest BCUT2D eigenvalue weighted by molar-refractivity contribution is -0.385. The second-order valence-corrected chi connectivity index (χ2v) is 6.47. The number of rotatable bonds is 4. The third-order valence-electron chi connectivity index (χ3n) is 3.62. The van der Waals surface area contributed by atoms with E-state index in [1.54, 1.807) is 0 Å². The summed E-state index contributed by atoms with van der Waals surface area (Å²) >= 11 is 7.71. The molecule has 1 fully saturated rings. The molecule has 1 saturated carbocycles. The predicted octanol–water partition coefficient (Wildman–Crippen LogP) is 3.05. The van der Waals surface area contributed by atoms with Crippen LogP contribution in [0.3, 0.4) is 0 Å². The molecule has 1 aliphatic carbocycles. The lowest BCUT2D eigenvalue weighted by Gasteiger charge is -2.28. The standard InChI is InChI=1S/C13H16ClN3O3S/c1-21-10-4-2-8(3-5-10)16-13(18)11-6-9(17(19)20)7-15-12(11)14/h6-8,10H,2-5H2,1H3,(H,16,18). The molecule has 1 amide bonds. The van der Waals surface area contributed by atoms with Gasteiger partial charge in [-0.25, -0.2) is 4.98 Å². The molecule has 0 bridgehead atoms. The molecule has 1 aromatic heterocycles. The van der Waals surface area contributed by atoms with Gasteiger partial charge in [0.15, 0.2) is 0 Å². The Labute approximate surface area is 131 Å². The van der Waals surface area contributed by atoms with Crippen LogP contribution in [0.1, 0.15) is 36.0 Å². The number of pyridine rings is 1. The van der Waals surface area contributed by atoms with Gasteiger partial charge in [-0.15, -0.1) is 0 Å². The van der Waals surface area contributed by atoms with Crippen LogP contribution >= 0.6 is 23.4 Å². The van der Waals surface area contributed by atoms with Crippen LogP contribution in [-0.2, 0) is 0 Å². The molecule has 2 rings (SSSR count). The van der Waals surface area contributed by atoms with Crippen LogP contribution < -0.4 is 5.32 Å². The summed E-state index contributed by atoms with van der Waals surface area (Å²) in [5.74, 6) is -0.399. The van der Waals surface area contributed by atoms with Crippen molar-refractivity contribution in [1.29, 1.82) is 0 Å². The number of hydrogen-bond donors (Lipinski definition) is 1. The van der Waals surface area contributed by atoms with Crippen molar-refractivity contribution in [3.63, 3.8) is 0 Å². The SMILES string of the molecule is CSC1CCC(NC(=O)c2cc([N+](=O)[O-])cnc2Cl)CC1. The molecule has 1 aromatic rings. The van der Waals surface area contributed by atoms with Crippen molar-refractivity contribution in [3.05, 3.63) is 33.1 Å². The normalized spacial score (nSPS) is 21.8. The zero-order chi connectivity index (χ0) is 15.4. The average molecular weight is 330 g/mol. The second-order valence-electron chi connectivity index (χ2n) is 4.97. The maximum Gasteiger partial charge on any atom is 0.288 e. The fourth-order valence-electron chi connectivity index (χ4n) is 2.40. The summed E-state index contributed by atoms with van der Waals surface area (Å²) in [5.41, 5.74) is -0.187. The van der Waals surface area contributed by atoms with Crippen LogP contribution in [0.25, 0.3) is 0 Å². The van der Waals surface area contributed by atoms with Gasteiger partial charge in [0.25, 0.3) is 11.6 Å². The molecule has 0 spiro atoms. The van der Waals surface area contributed by atoms with E-state index in [4.69, 9.17) is 11.6 Å². The van der Waals surface area contributed by atoms with E-state index in [1.807, 2.05) is 11.8 Å². The van der Waals surface area contributed by atoms with Crippen molar-refractivity contribution in [3.8, 4) is 0 Å². The molecular formula is C13H16ClN3O3S. The van der Waals surface area contributed by atoms with Gasteiger partial charge in [0, 0.05) is 17.4 Å². The Morgan fingerprint density at radius 1 is 1.48 bits per heavy atom. The summed E-state index contributed by atoms with van der Waals surface area (Å²) in [6, 6.07) is 1.26. The molecule has 0 atom stereocenters. The summed E-state index contributed by atoms with van der Waals surface area (Å²) in [5, 5.41) is 14.3. The third kappa shape index (κ3) is 4.07. The van der Waals surface area contributed by atoms with Gasteiger partial charge in [0.1, 0.15) is 11.3 Å². The Hall–Kier alpha value is -1.34. The zero-order valence-corrected chi connectivity index (χ0v) is 13.1. The quantitative estimate of drug-likeness (QED) is 0.521. The van der Waals surface area contributed by atoms with E-state index in [1.165, 1.54) is 0 Å². The highest BCUT2D eigenvalue weighted by atomic mass is 35.5. The lowest BCUT2D eigenvalue weighted by atomic mass is 9.95. The number of hydrogen-bond acceptors (Lipinski definition) is 5. The van der Waals surface area contributed by atoms with Gasteiger partial charge in [-0.1, -0.05) is 11.6 Å². The van der Waals surface area contributed by atoms with Crippen molar-refractivity contribution >= 4 is 35.0 Å². The highest BCUT2D eigenvalue weighted by molar-refractivity contribution is 7.99. The zero-order valence-electron chi connectivity index (χ0n) is 11.5. The summed E-state index contributed by atoms with van der Waals surface area (Å²) in [6.45, 7) is 0. The lowest BCUT2D eigenvalue weighted by Crippen LogP contribution is -2.38. The van der Waals surface area contributed by atoms with Crippen LogP contribution in [-0.4, -0.2) is 33.4 Å². The molecule has 0 aliphatic heterocycles. The molecule has 0 saturated heterocycles.